The SMILES string of the molecule is CCN(CC)C(=O)c1ccc(NC(=O)Cc2n[nH]c(=O)c3ccccc23)cc1. The largest absolute Gasteiger partial charge is 0.339 e. The molecule has 0 aliphatic heterocycles. The van der Waals surface area contributed by atoms with Crippen molar-refractivity contribution in [2.45, 2.75) is 20.3 Å². The number of aromatic amines is 1. The van der Waals surface area contributed by atoms with Crippen molar-refractivity contribution in [3.8, 4) is 0 Å². The van der Waals surface area contributed by atoms with E-state index in [-0.39, 0.29) is 23.8 Å². The molecule has 0 atom stereocenters. The molecule has 0 aliphatic carbocycles. The Morgan fingerprint density at radius 1 is 1.00 bits per heavy atom. The number of hydrogen-bond acceptors (Lipinski definition) is 4. The quantitative estimate of drug-likeness (QED) is 0.689. The molecule has 7 nitrogen and oxygen atoms in total. The fourth-order valence-electron chi connectivity index (χ4n) is 3.05. The van der Waals surface area contributed by atoms with Gasteiger partial charge in [-0.3, -0.25) is 14.4 Å². The van der Waals surface area contributed by atoms with Crippen molar-refractivity contribution in [3.05, 3.63) is 70.1 Å². The number of amides is 2. The first-order chi connectivity index (χ1) is 13.5. The van der Waals surface area contributed by atoms with Gasteiger partial charge in [0.25, 0.3) is 11.5 Å². The smallest absolute Gasteiger partial charge is 0.272 e. The number of hydrogen-bond donors (Lipinski definition) is 2. The Kier molecular flexibility index (Phi) is 5.84. The van der Waals surface area contributed by atoms with Gasteiger partial charge in [-0.25, -0.2) is 5.10 Å². The summed E-state index contributed by atoms with van der Waals surface area (Å²) in [5.41, 5.74) is 1.39. The van der Waals surface area contributed by atoms with E-state index >= 15 is 0 Å². The van der Waals surface area contributed by atoms with E-state index < -0.39 is 0 Å². The first kappa shape index (κ1) is 19.3. The molecule has 3 rings (SSSR count). The molecule has 1 heterocycles. The van der Waals surface area contributed by atoms with Gasteiger partial charge in [0, 0.05) is 29.7 Å². The number of fused-ring (bicyclic) bond motifs is 1. The van der Waals surface area contributed by atoms with Crippen LogP contribution >= 0.6 is 0 Å². The van der Waals surface area contributed by atoms with Gasteiger partial charge in [-0.2, -0.15) is 5.10 Å². The van der Waals surface area contributed by atoms with Crippen molar-refractivity contribution >= 4 is 28.3 Å². The predicted octanol–water partition coefficient (Wildman–Crippen LogP) is 2.59. The summed E-state index contributed by atoms with van der Waals surface area (Å²) in [6.45, 7) is 5.16. The summed E-state index contributed by atoms with van der Waals surface area (Å²) in [4.78, 5) is 38.3. The Balaban J connectivity index is 1.71. The Bertz CT molecular complexity index is 1050. The van der Waals surface area contributed by atoms with E-state index in [0.717, 1.165) is 0 Å². The summed E-state index contributed by atoms with van der Waals surface area (Å²) < 4.78 is 0. The molecule has 0 aliphatic rings. The number of nitrogens with zero attached hydrogens (tertiary/aromatic N) is 2. The lowest BCUT2D eigenvalue weighted by molar-refractivity contribution is -0.115. The maximum absolute atomic E-state index is 12.4. The van der Waals surface area contributed by atoms with E-state index in [4.69, 9.17) is 0 Å². The van der Waals surface area contributed by atoms with E-state index in [1.807, 2.05) is 13.8 Å². The van der Waals surface area contributed by atoms with Crippen molar-refractivity contribution in [1.29, 1.82) is 0 Å². The van der Waals surface area contributed by atoms with Crippen molar-refractivity contribution in [1.82, 2.24) is 15.1 Å². The van der Waals surface area contributed by atoms with Gasteiger partial charge in [0.2, 0.25) is 5.91 Å². The zero-order valence-corrected chi connectivity index (χ0v) is 15.9. The second-order valence-corrected chi connectivity index (χ2v) is 6.32. The van der Waals surface area contributed by atoms with E-state index in [1.54, 1.807) is 53.4 Å². The number of rotatable bonds is 6. The number of aromatic nitrogens is 2. The third-order valence-corrected chi connectivity index (χ3v) is 4.57. The Morgan fingerprint density at radius 3 is 2.29 bits per heavy atom. The minimum absolute atomic E-state index is 0.0252. The molecule has 0 unspecified atom stereocenters. The van der Waals surface area contributed by atoms with Crippen LogP contribution in [-0.2, 0) is 11.2 Å². The van der Waals surface area contributed by atoms with Crippen molar-refractivity contribution in [2.24, 2.45) is 0 Å². The van der Waals surface area contributed by atoms with E-state index in [1.165, 1.54) is 0 Å². The van der Waals surface area contributed by atoms with Gasteiger partial charge >= 0.3 is 0 Å². The maximum atomic E-state index is 12.4. The van der Waals surface area contributed by atoms with Crippen molar-refractivity contribution in [3.63, 3.8) is 0 Å². The molecule has 3 aromatic rings. The average molecular weight is 378 g/mol. The molecule has 2 N–H and O–H groups in total. The number of carbonyl (C=O) groups excluding carboxylic acids is 2. The number of nitrogens with one attached hydrogen (secondary N) is 2. The molecule has 0 spiro atoms. The summed E-state index contributed by atoms with van der Waals surface area (Å²) in [7, 11) is 0. The molecule has 1 aromatic heterocycles. The van der Waals surface area contributed by atoms with Gasteiger partial charge in [0.05, 0.1) is 17.5 Å². The van der Waals surface area contributed by atoms with Crippen LogP contribution in [0.15, 0.2) is 53.3 Å². The van der Waals surface area contributed by atoms with Gasteiger partial charge in [-0.1, -0.05) is 18.2 Å². The van der Waals surface area contributed by atoms with Crippen LogP contribution in [0.2, 0.25) is 0 Å². The molecule has 2 aromatic carbocycles. The summed E-state index contributed by atoms with van der Waals surface area (Å²) in [5, 5.41) is 10.4. The van der Waals surface area contributed by atoms with Crippen molar-refractivity contribution < 1.29 is 9.59 Å². The van der Waals surface area contributed by atoms with E-state index in [0.29, 0.717) is 40.8 Å². The highest BCUT2D eigenvalue weighted by Gasteiger charge is 2.13. The van der Waals surface area contributed by atoms with Crippen LogP contribution in [0, 0.1) is 0 Å². The van der Waals surface area contributed by atoms with Crippen LogP contribution in [0.1, 0.15) is 29.9 Å². The number of carbonyl (C=O) groups is 2. The van der Waals surface area contributed by atoms with Crippen LogP contribution in [0.25, 0.3) is 10.8 Å². The topological polar surface area (TPSA) is 95.2 Å². The standard InChI is InChI=1S/C21H22N4O3/c1-3-25(4-2)21(28)14-9-11-15(12-10-14)22-19(26)13-18-16-7-5-6-8-17(16)20(27)24-23-18/h5-12H,3-4,13H2,1-2H3,(H,22,26)(H,24,27). The Morgan fingerprint density at radius 2 is 1.64 bits per heavy atom. The molecule has 28 heavy (non-hydrogen) atoms. The lowest BCUT2D eigenvalue weighted by Gasteiger charge is -2.18. The van der Waals surface area contributed by atoms with Crippen LogP contribution < -0.4 is 10.9 Å². The Hall–Kier alpha value is -3.48. The minimum Gasteiger partial charge on any atom is -0.339 e. The second kappa shape index (κ2) is 8.47. The normalized spacial score (nSPS) is 10.6. The fraction of sp³-hybridized carbons (Fsp3) is 0.238. The molecule has 0 bridgehead atoms. The molecule has 144 valence electrons. The molecule has 0 saturated carbocycles. The zero-order chi connectivity index (χ0) is 20.1. The van der Waals surface area contributed by atoms with Crippen LogP contribution in [-0.4, -0.2) is 40.0 Å². The third-order valence-electron chi connectivity index (χ3n) is 4.57. The van der Waals surface area contributed by atoms with Gasteiger partial charge in [0.1, 0.15) is 0 Å². The van der Waals surface area contributed by atoms with E-state index in [2.05, 4.69) is 15.5 Å². The summed E-state index contributed by atoms with van der Waals surface area (Å²) in [6.07, 6.45) is 0.0252. The monoisotopic (exact) mass is 378 g/mol. The summed E-state index contributed by atoms with van der Waals surface area (Å²) >= 11 is 0. The molecular formula is C21H22N4O3. The van der Waals surface area contributed by atoms with E-state index in [9.17, 15) is 14.4 Å². The third kappa shape index (κ3) is 4.09. The lowest BCUT2D eigenvalue weighted by Crippen LogP contribution is -2.30. The van der Waals surface area contributed by atoms with Crippen LogP contribution in [0.3, 0.4) is 0 Å². The minimum atomic E-state index is -0.284. The van der Waals surface area contributed by atoms with Gasteiger partial charge < -0.3 is 10.2 Å². The predicted molar refractivity (Wildman–Crippen MR) is 108 cm³/mol. The molecule has 0 fully saturated rings. The number of anilines is 1. The molecule has 2 amide bonds. The summed E-state index contributed by atoms with van der Waals surface area (Å²) in [6, 6.07) is 13.8. The van der Waals surface area contributed by atoms with Crippen LogP contribution in [0.4, 0.5) is 5.69 Å². The number of benzene rings is 2. The second-order valence-electron chi connectivity index (χ2n) is 6.32. The number of H-pyrrole nitrogens is 1. The van der Waals surface area contributed by atoms with Gasteiger partial charge in [0.15, 0.2) is 0 Å². The fourth-order valence-corrected chi connectivity index (χ4v) is 3.05. The Labute approximate surface area is 162 Å². The molecule has 0 saturated heterocycles. The first-order valence-electron chi connectivity index (χ1n) is 9.19. The van der Waals surface area contributed by atoms with Gasteiger partial charge in [-0.05, 0) is 44.2 Å². The zero-order valence-electron chi connectivity index (χ0n) is 15.9. The first-order valence-corrected chi connectivity index (χ1v) is 9.19. The summed E-state index contributed by atoms with van der Waals surface area (Å²) in [5.74, 6) is -0.292. The lowest BCUT2D eigenvalue weighted by atomic mass is 10.1. The molecular weight excluding hydrogens is 356 g/mol. The maximum Gasteiger partial charge on any atom is 0.272 e. The van der Waals surface area contributed by atoms with Crippen LogP contribution in [0.5, 0.6) is 0 Å². The molecule has 7 heteroatoms. The molecule has 0 radical (unpaired) electrons. The highest BCUT2D eigenvalue weighted by Crippen LogP contribution is 2.15. The van der Waals surface area contributed by atoms with Crippen molar-refractivity contribution in [2.75, 3.05) is 18.4 Å². The highest BCUT2D eigenvalue weighted by atomic mass is 16.2. The average Bonchev–Trinajstić information content (AvgIpc) is 2.71. The van der Waals surface area contributed by atoms with Gasteiger partial charge in [-0.15, -0.1) is 0 Å². The highest BCUT2D eigenvalue weighted by molar-refractivity contribution is 5.97.